The Morgan fingerprint density at radius 2 is 1.75 bits per heavy atom. The SMILES string of the molecule is O=C(C=Cc1ccc(O)c(Cc2cnc[nH]2)c1)N1c2cc(OC3(O)OC(CO)C(O)C(O)C3O)c(O)cc2C2C(C3(c4ccccc4)CCCC3)C=CC21C(=O)O. The van der Waals surface area contributed by atoms with Gasteiger partial charge >= 0.3 is 11.9 Å². The smallest absolute Gasteiger partial charge is 0.355 e. The van der Waals surface area contributed by atoms with Crippen LogP contribution in [0.15, 0.2) is 91.4 Å². The first-order chi connectivity index (χ1) is 27.3. The Bertz CT molecular complexity index is 2220. The molecule has 15 heteroatoms. The van der Waals surface area contributed by atoms with Crippen molar-refractivity contribution in [3.05, 3.63) is 119 Å². The number of aliphatic hydroxyl groups excluding tert-OH is 4. The number of H-pyrrole nitrogens is 1. The molecule has 298 valence electrons. The molecule has 3 heterocycles. The number of carboxylic acid groups (broad SMARTS) is 1. The van der Waals surface area contributed by atoms with Crippen molar-refractivity contribution >= 4 is 23.6 Å². The number of allylic oxidation sites excluding steroid dienone is 1. The molecule has 2 fully saturated rings. The molecule has 0 radical (unpaired) electrons. The van der Waals surface area contributed by atoms with Crippen LogP contribution in [0.4, 0.5) is 5.69 Å². The number of hydrogen-bond acceptors (Lipinski definition) is 12. The number of rotatable bonds is 10. The number of benzene rings is 3. The molecule has 4 aliphatic rings. The molecule has 3 aromatic carbocycles. The minimum absolute atomic E-state index is 0.0271. The molecule has 1 saturated carbocycles. The molecule has 1 aromatic heterocycles. The molecule has 8 unspecified atom stereocenters. The Hall–Kier alpha value is -5.55. The molecule has 4 aromatic rings. The van der Waals surface area contributed by atoms with E-state index >= 15 is 0 Å². The Morgan fingerprint density at radius 1 is 1.00 bits per heavy atom. The summed E-state index contributed by atoms with van der Waals surface area (Å²) >= 11 is 0. The summed E-state index contributed by atoms with van der Waals surface area (Å²) in [5, 5.41) is 85.8. The lowest BCUT2D eigenvalue weighted by Gasteiger charge is -2.44. The third kappa shape index (κ3) is 6.18. The van der Waals surface area contributed by atoms with Crippen molar-refractivity contribution in [2.45, 2.75) is 79.4 Å². The minimum Gasteiger partial charge on any atom is -0.508 e. The zero-order valence-corrected chi connectivity index (χ0v) is 30.5. The first-order valence-corrected chi connectivity index (χ1v) is 18.7. The molecular weight excluding hydrogens is 738 g/mol. The second-order valence-corrected chi connectivity index (χ2v) is 15.2. The predicted molar refractivity (Wildman–Crippen MR) is 202 cm³/mol. The number of anilines is 1. The number of fused-ring (bicyclic) bond motifs is 3. The van der Waals surface area contributed by atoms with Crippen LogP contribution in [0.5, 0.6) is 17.2 Å². The lowest BCUT2D eigenvalue weighted by Crippen LogP contribution is -2.67. The third-order valence-corrected chi connectivity index (χ3v) is 12.1. The van der Waals surface area contributed by atoms with E-state index in [0.29, 0.717) is 23.1 Å². The number of carboxylic acids is 1. The number of aromatic amines is 1. The van der Waals surface area contributed by atoms with Gasteiger partial charge in [-0.05, 0) is 59.7 Å². The zero-order chi connectivity index (χ0) is 40.3. The summed E-state index contributed by atoms with van der Waals surface area (Å²) in [6, 6.07) is 17.0. The van der Waals surface area contributed by atoms with Gasteiger partial charge in [0.2, 0.25) is 0 Å². The van der Waals surface area contributed by atoms with Crippen LogP contribution in [0, 0.1) is 5.92 Å². The van der Waals surface area contributed by atoms with Crippen LogP contribution in [0.2, 0.25) is 0 Å². The number of hydrogen-bond donors (Lipinski definition) is 9. The average Bonchev–Trinajstić information content (AvgIpc) is 4.02. The van der Waals surface area contributed by atoms with Gasteiger partial charge in [0, 0.05) is 47.4 Å². The molecule has 8 rings (SSSR count). The number of ether oxygens (including phenoxy) is 2. The fourth-order valence-corrected chi connectivity index (χ4v) is 9.42. The number of amides is 1. The van der Waals surface area contributed by atoms with Gasteiger partial charge in [-0.25, -0.2) is 9.78 Å². The van der Waals surface area contributed by atoms with Gasteiger partial charge in [-0.2, -0.15) is 0 Å². The summed E-state index contributed by atoms with van der Waals surface area (Å²) in [6.07, 6.45) is 5.13. The van der Waals surface area contributed by atoms with E-state index in [4.69, 9.17) is 9.47 Å². The highest BCUT2D eigenvalue weighted by Gasteiger charge is 2.66. The third-order valence-electron chi connectivity index (χ3n) is 12.1. The van der Waals surface area contributed by atoms with E-state index < -0.39 is 83.2 Å². The van der Waals surface area contributed by atoms with E-state index in [0.717, 1.165) is 47.9 Å². The number of aliphatic carboxylic acids is 1. The maximum absolute atomic E-state index is 14.7. The molecule has 0 bridgehead atoms. The predicted octanol–water partition coefficient (Wildman–Crippen LogP) is 2.58. The first kappa shape index (κ1) is 38.3. The van der Waals surface area contributed by atoms with Gasteiger partial charge in [-0.15, -0.1) is 0 Å². The van der Waals surface area contributed by atoms with Crippen molar-refractivity contribution < 1.29 is 59.9 Å². The van der Waals surface area contributed by atoms with Crippen molar-refractivity contribution in [3.8, 4) is 17.2 Å². The van der Waals surface area contributed by atoms with Crippen LogP contribution in [-0.4, -0.2) is 105 Å². The van der Waals surface area contributed by atoms with Crippen LogP contribution in [0.3, 0.4) is 0 Å². The highest BCUT2D eigenvalue weighted by Crippen LogP contribution is 2.64. The molecular formula is C42H43N3O12. The summed E-state index contributed by atoms with van der Waals surface area (Å²) in [6.45, 7) is -0.882. The van der Waals surface area contributed by atoms with E-state index in [1.165, 1.54) is 36.7 Å². The van der Waals surface area contributed by atoms with Crippen LogP contribution in [-0.2, 0) is 26.2 Å². The van der Waals surface area contributed by atoms with Crippen molar-refractivity contribution in [3.63, 3.8) is 0 Å². The number of carbonyl (C=O) groups is 2. The van der Waals surface area contributed by atoms with E-state index in [-0.39, 0.29) is 11.4 Å². The number of nitrogens with one attached hydrogen (secondary N) is 1. The molecule has 9 N–H and O–H groups in total. The highest BCUT2D eigenvalue weighted by molar-refractivity contribution is 6.13. The van der Waals surface area contributed by atoms with Gasteiger partial charge in [0.15, 0.2) is 23.1 Å². The summed E-state index contributed by atoms with van der Waals surface area (Å²) in [4.78, 5) is 36.6. The van der Waals surface area contributed by atoms with Crippen molar-refractivity contribution in [1.82, 2.24) is 9.97 Å². The molecule has 0 spiro atoms. The lowest BCUT2D eigenvalue weighted by molar-refractivity contribution is -0.422. The molecule has 15 nitrogen and oxygen atoms in total. The second kappa shape index (κ2) is 14.4. The molecule has 57 heavy (non-hydrogen) atoms. The molecule has 2 aliphatic carbocycles. The van der Waals surface area contributed by atoms with Crippen molar-refractivity contribution in [2.75, 3.05) is 11.5 Å². The number of aromatic hydroxyl groups is 2. The second-order valence-electron chi connectivity index (χ2n) is 15.2. The van der Waals surface area contributed by atoms with Crippen LogP contribution in [0.25, 0.3) is 6.08 Å². The number of phenols is 2. The maximum atomic E-state index is 14.7. The number of aliphatic hydroxyl groups is 5. The number of phenolic OH excluding ortho intramolecular Hbond substituents is 2. The lowest BCUT2D eigenvalue weighted by atomic mass is 9.62. The number of aromatic nitrogens is 2. The number of imidazole rings is 1. The monoisotopic (exact) mass is 781 g/mol. The summed E-state index contributed by atoms with van der Waals surface area (Å²) < 4.78 is 10.9. The van der Waals surface area contributed by atoms with Gasteiger partial charge in [0.05, 0.1) is 18.6 Å². The van der Waals surface area contributed by atoms with E-state index in [2.05, 4.69) is 9.97 Å². The summed E-state index contributed by atoms with van der Waals surface area (Å²) in [5.41, 5.74) is 0.687. The Morgan fingerprint density at radius 3 is 2.44 bits per heavy atom. The van der Waals surface area contributed by atoms with Crippen LogP contribution in [0.1, 0.15) is 59.5 Å². The highest BCUT2D eigenvalue weighted by atomic mass is 16.8. The topological polar surface area (TPSA) is 246 Å². The van der Waals surface area contributed by atoms with Crippen LogP contribution < -0.4 is 9.64 Å². The largest absolute Gasteiger partial charge is 0.508 e. The molecule has 1 amide bonds. The quantitative estimate of drug-likeness (QED) is 0.0639. The van der Waals surface area contributed by atoms with Gasteiger partial charge in [-0.1, -0.05) is 61.4 Å². The summed E-state index contributed by atoms with van der Waals surface area (Å²) in [5.74, 6) is -7.69. The van der Waals surface area contributed by atoms with Crippen molar-refractivity contribution in [2.24, 2.45) is 5.92 Å². The van der Waals surface area contributed by atoms with Crippen molar-refractivity contribution in [1.29, 1.82) is 0 Å². The Balaban J connectivity index is 1.24. The number of nitrogens with zero attached hydrogens (tertiary/aromatic N) is 2. The zero-order valence-electron chi connectivity index (χ0n) is 30.5. The number of carbonyl (C=O) groups excluding carboxylic acids is 1. The van der Waals surface area contributed by atoms with Gasteiger partial charge in [-0.3, -0.25) is 9.69 Å². The fourth-order valence-electron chi connectivity index (χ4n) is 9.42. The van der Waals surface area contributed by atoms with E-state index in [1.807, 2.05) is 36.4 Å². The average molecular weight is 782 g/mol. The molecule has 8 atom stereocenters. The maximum Gasteiger partial charge on any atom is 0.355 e. The van der Waals surface area contributed by atoms with E-state index in [1.54, 1.807) is 18.3 Å². The Labute approximate surface area is 326 Å². The Kier molecular flexibility index (Phi) is 9.71. The normalized spacial score (nSPS) is 30.1. The molecule has 1 saturated heterocycles. The first-order valence-electron chi connectivity index (χ1n) is 18.7. The van der Waals surface area contributed by atoms with Gasteiger partial charge in [0.1, 0.15) is 24.1 Å². The summed E-state index contributed by atoms with van der Waals surface area (Å²) in [7, 11) is 0. The minimum atomic E-state index is -3.11. The standard InChI is InChI=1S/C42H43N3O12/c46-21-33-36(50)37(51)38(52)42(55,57-33)56-32-19-29-27(18-31(32)48)35-28(40(13-4-5-14-40)25-6-2-1-3-7-25)12-15-41(35,39(53)54)45(29)34(49)11-9-23-8-10-30(47)24(16-23)17-26-20-43-22-44-26/h1-3,6-12,15-16,18-20,22,28,33,35-38,46-48,50-52,55H,4-5,13-14,17,21H2,(H,43,44)(H,53,54). The molecule has 2 aliphatic heterocycles. The van der Waals surface area contributed by atoms with Gasteiger partial charge < -0.3 is 55.3 Å². The van der Waals surface area contributed by atoms with Gasteiger partial charge in [0.25, 0.3) is 5.91 Å². The fraction of sp³-hybridized carbons (Fsp3) is 0.357. The van der Waals surface area contributed by atoms with Crippen LogP contribution >= 0.6 is 0 Å². The van der Waals surface area contributed by atoms with E-state index in [9.17, 15) is 50.4 Å².